The fourth-order valence-corrected chi connectivity index (χ4v) is 3.39. The summed E-state index contributed by atoms with van der Waals surface area (Å²) in [5, 5.41) is 5.45. The number of aromatic nitrogens is 1. The van der Waals surface area contributed by atoms with Gasteiger partial charge in [-0.05, 0) is 19.1 Å². The number of fused-ring (bicyclic) bond motifs is 1. The van der Waals surface area contributed by atoms with Crippen LogP contribution in [0.15, 0.2) is 53.9 Å². The van der Waals surface area contributed by atoms with Crippen LogP contribution in [0.3, 0.4) is 0 Å². The highest BCUT2D eigenvalue weighted by atomic mass is 35.5. The van der Waals surface area contributed by atoms with Crippen molar-refractivity contribution in [3.8, 4) is 0 Å². The number of benzene rings is 1. The number of pyridine rings is 1. The number of amides is 1. The van der Waals surface area contributed by atoms with E-state index in [9.17, 15) is 4.79 Å². The first kappa shape index (κ1) is 14.7. The summed E-state index contributed by atoms with van der Waals surface area (Å²) in [7, 11) is 0. The molecule has 4 nitrogen and oxygen atoms in total. The summed E-state index contributed by atoms with van der Waals surface area (Å²) in [5.74, 6) is -0.311. The van der Waals surface area contributed by atoms with Crippen LogP contribution in [0.5, 0.6) is 0 Å². The van der Waals surface area contributed by atoms with E-state index in [0.717, 1.165) is 15.6 Å². The van der Waals surface area contributed by atoms with Gasteiger partial charge in [0.2, 0.25) is 0 Å². The average Bonchev–Trinajstić information content (AvgIpc) is 2.90. The highest BCUT2D eigenvalue weighted by Crippen LogP contribution is 2.34. The normalized spacial score (nSPS) is 11.6. The minimum absolute atomic E-state index is 0.311. The molecule has 0 radical (unpaired) electrons. The van der Waals surface area contributed by atoms with Crippen molar-refractivity contribution in [3.63, 3.8) is 0 Å². The zero-order valence-corrected chi connectivity index (χ0v) is 13.3. The second-order valence-corrected chi connectivity index (χ2v) is 6.05. The number of hydrogen-bond acceptors (Lipinski definition) is 4. The van der Waals surface area contributed by atoms with E-state index in [0.29, 0.717) is 15.6 Å². The molecule has 110 valence electrons. The predicted molar refractivity (Wildman–Crippen MR) is 90.7 cm³/mol. The van der Waals surface area contributed by atoms with Crippen LogP contribution in [0.2, 0.25) is 5.02 Å². The molecular formula is C16H12ClN3OS. The standard InChI is InChI=1S/C16H12ClN3OS/c1-10(11-5-4-8-18-9-11)19-20-16(21)15-14(17)12-6-2-3-7-13(12)22-15/h2-9H,1H3,(H,20,21)/b19-10-. The molecule has 1 aromatic carbocycles. The number of hydrazone groups is 1. The summed E-state index contributed by atoms with van der Waals surface area (Å²) < 4.78 is 0.977. The van der Waals surface area contributed by atoms with E-state index in [1.54, 1.807) is 12.4 Å². The van der Waals surface area contributed by atoms with Crippen LogP contribution in [0.4, 0.5) is 0 Å². The second kappa shape index (κ2) is 6.25. The number of carbonyl (C=O) groups is 1. The molecule has 0 aliphatic rings. The van der Waals surface area contributed by atoms with Gasteiger partial charge in [0.1, 0.15) is 4.88 Å². The van der Waals surface area contributed by atoms with Crippen LogP contribution in [-0.2, 0) is 0 Å². The van der Waals surface area contributed by atoms with Crippen molar-refractivity contribution in [2.45, 2.75) is 6.92 Å². The number of nitrogens with zero attached hydrogens (tertiary/aromatic N) is 2. The van der Waals surface area contributed by atoms with Crippen molar-refractivity contribution in [1.82, 2.24) is 10.4 Å². The van der Waals surface area contributed by atoms with Gasteiger partial charge in [-0.25, -0.2) is 5.43 Å². The van der Waals surface area contributed by atoms with Crippen LogP contribution in [0, 0.1) is 0 Å². The van der Waals surface area contributed by atoms with Crippen LogP contribution >= 0.6 is 22.9 Å². The Kier molecular flexibility index (Phi) is 4.18. The van der Waals surface area contributed by atoms with E-state index in [4.69, 9.17) is 11.6 Å². The fourth-order valence-electron chi connectivity index (χ4n) is 1.99. The van der Waals surface area contributed by atoms with Crippen molar-refractivity contribution >= 4 is 44.6 Å². The molecule has 0 saturated carbocycles. The van der Waals surface area contributed by atoms with Gasteiger partial charge in [0.25, 0.3) is 5.91 Å². The van der Waals surface area contributed by atoms with E-state index in [2.05, 4.69) is 15.5 Å². The topological polar surface area (TPSA) is 54.4 Å². The van der Waals surface area contributed by atoms with Crippen molar-refractivity contribution in [3.05, 3.63) is 64.3 Å². The first-order valence-corrected chi connectivity index (χ1v) is 7.78. The van der Waals surface area contributed by atoms with Gasteiger partial charge in [-0.2, -0.15) is 5.10 Å². The van der Waals surface area contributed by atoms with Crippen LogP contribution in [0.25, 0.3) is 10.1 Å². The Balaban J connectivity index is 1.83. The molecule has 1 amide bonds. The number of hydrogen-bond donors (Lipinski definition) is 1. The zero-order valence-electron chi connectivity index (χ0n) is 11.7. The van der Waals surface area contributed by atoms with Gasteiger partial charge in [-0.3, -0.25) is 9.78 Å². The van der Waals surface area contributed by atoms with Crippen LogP contribution in [0.1, 0.15) is 22.2 Å². The number of nitrogens with one attached hydrogen (secondary N) is 1. The summed E-state index contributed by atoms with van der Waals surface area (Å²) in [5.41, 5.74) is 4.08. The van der Waals surface area contributed by atoms with Crippen molar-refractivity contribution in [2.75, 3.05) is 0 Å². The SMILES string of the molecule is C/C(=N/NC(=O)c1sc2ccccc2c1Cl)c1cccnc1. The first-order valence-electron chi connectivity index (χ1n) is 6.59. The highest BCUT2D eigenvalue weighted by Gasteiger charge is 2.16. The van der Waals surface area contributed by atoms with E-state index in [1.165, 1.54) is 11.3 Å². The fraction of sp³-hybridized carbons (Fsp3) is 0.0625. The lowest BCUT2D eigenvalue weighted by molar-refractivity contribution is 0.0959. The monoisotopic (exact) mass is 329 g/mol. The Morgan fingerprint density at radius 2 is 2.09 bits per heavy atom. The minimum atomic E-state index is -0.311. The smallest absolute Gasteiger partial charge is 0.266 e. The number of carbonyl (C=O) groups excluding carboxylic acids is 1. The van der Waals surface area contributed by atoms with E-state index in [1.807, 2.05) is 43.3 Å². The van der Waals surface area contributed by atoms with Crippen molar-refractivity contribution in [2.24, 2.45) is 5.10 Å². The lowest BCUT2D eigenvalue weighted by Crippen LogP contribution is -2.18. The number of rotatable bonds is 3. The second-order valence-electron chi connectivity index (χ2n) is 4.62. The van der Waals surface area contributed by atoms with Crippen LogP contribution < -0.4 is 5.43 Å². The van der Waals surface area contributed by atoms with Gasteiger partial charge in [0.15, 0.2) is 0 Å². The Bertz CT molecular complexity index is 858. The van der Waals surface area contributed by atoms with E-state index < -0.39 is 0 Å². The molecule has 3 rings (SSSR count). The molecule has 0 saturated heterocycles. The lowest BCUT2D eigenvalue weighted by atomic mass is 10.2. The number of thiophene rings is 1. The zero-order chi connectivity index (χ0) is 15.5. The first-order chi connectivity index (χ1) is 10.7. The summed E-state index contributed by atoms with van der Waals surface area (Å²) in [6.45, 7) is 1.81. The average molecular weight is 330 g/mol. The molecule has 22 heavy (non-hydrogen) atoms. The molecule has 6 heteroatoms. The summed E-state index contributed by atoms with van der Waals surface area (Å²) in [6.07, 6.45) is 3.38. The van der Waals surface area contributed by atoms with E-state index in [-0.39, 0.29) is 5.91 Å². The molecule has 1 N–H and O–H groups in total. The van der Waals surface area contributed by atoms with Gasteiger partial charge in [0, 0.05) is 28.0 Å². The lowest BCUT2D eigenvalue weighted by Gasteiger charge is -2.01. The Labute approximate surface area is 136 Å². The molecular weight excluding hydrogens is 318 g/mol. The summed E-state index contributed by atoms with van der Waals surface area (Å²) >= 11 is 7.63. The molecule has 0 unspecified atom stereocenters. The molecule has 0 bridgehead atoms. The van der Waals surface area contributed by atoms with Crippen molar-refractivity contribution < 1.29 is 4.79 Å². The highest BCUT2D eigenvalue weighted by molar-refractivity contribution is 7.21. The third kappa shape index (κ3) is 2.86. The van der Waals surface area contributed by atoms with Crippen LogP contribution in [-0.4, -0.2) is 16.6 Å². The van der Waals surface area contributed by atoms with Crippen molar-refractivity contribution in [1.29, 1.82) is 0 Å². The maximum Gasteiger partial charge on any atom is 0.283 e. The third-order valence-corrected chi connectivity index (χ3v) is 4.82. The largest absolute Gasteiger partial charge is 0.283 e. The molecule has 0 atom stereocenters. The number of halogens is 1. The summed E-state index contributed by atoms with van der Waals surface area (Å²) in [4.78, 5) is 16.7. The third-order valence-electron chi connectivity index (χ3n) is 3.15. The maximum absolute atomic E-state index is 12.3. The van der Waals surface area contributed by atoms with Gasteiger partial charge in [-0.1, -0.05) is 35.9 Å². The Morgan fingerprint density at radius 1 is 1.27 bits per heavy atom. The molecule has 0 spiro atoms. The minimum Gasteiger partial charge on any atom is -0.266 e. The van der Waals surface area contributed by atoms with Gasteiger partial charge in [0.05, 0.1) is 10.7 Å². The van der Waals surface area contributed by atoms with Gasteiger partial charge in [-0.15, -0.1) is 11.3 Å². The molecule has 2 aromatic heterocycles. The molecule has 2 heterocycles. The Hall–Kier alpha value is -2.24. The van der Waals surface area contributed by atoms with E-state index >= 15 is 0 Å². The molecule has 0 aliphatic carbocycles. The Morgan fingerprint density at radius 3 is 2.82 bits per heavy atom. The molecule has 0 aliphatic heterocycles. The predicted octanol–water partition coefficient (Wildman–Crippen LogP) is 4.10. The molecule has 3 aromatic rings. The quantitative estimate of drug-likeness (QED) is 0.581. The van der Waals surface area contributed by atoms with Gasteiger partial charge >= 0.3 is 0 Å². The molecule has 0 fully saturated rings. The summed E-state index contributed by atoms with van der Waals surface area (Å²) in [6, 6.07) is 11.3. The van der Waals surface area contributed by atoms with Gasteiger partial charge < -0.3 is 0 Å². The maximum atomic E-state index is 12.3.